The Hall–Kier alpha value is -1.32. The lowest BCUT2D eigenvalue weighted by molar-refractivity contribution is -0.135. The molecule has 0 spiro atoms. The number of methoxy groups -OCH3 is 1. The maximum Gasteiger partial charge on any atom is 0.349 e. The molecule has 1 aromatic carbocycles. The van der Waals surface area contributed by atoms with Gasteiger partial charge in [0.1, 0.15) is 5.03 Å². The van der Waals surface area contributed by atoms with E-state index in [1.807, 2.05) is 30.3 Å². The van der Waals surface area contributed by atoms with Gasteiger partial charge in [0.05, 0.1) is 13.7 Å². The van der Waals surface area contributed by atoms with Gasteiger partial charge in [0, 0.05) is 6.61 Å². The van der Waals surface area contributed by atoms with E-state index in [-0.39, 0.29) is 5.03 Å². The summed E-state index contributed by atoms with van der Waals surface area (Å²) in [7, 11) is 1.34. The first kappa shape index (κ1) is 14.1. The Bertz CT molecular complexity index is 468. The summed E-state index contributed by atoms with van der Waals surface area (Å²) in [6, 6.07) is 10.1. The third-order valence-corrected chi connectivity index (χ3v) is 3.56. The summed E-state index contributed by atoms with van der Waals surface area (Å²) >= 11 is 5.90. The first-order valence-electron chi connectivity index (χ1n) is 6.31. The minimum absolute atomic E-state index is 0.246. The highest BCUT2D eigenvalue weighted by Gasteiger charge is 2.34. The molecule has 0 bridgehead atoms. The van der Waals surface area contributed by atoms with E-state index in [4.69, 9.17) is 16.3 Å². The molecule has 1 aliphatic carbocycles. The predicted octanol–water partition coefficient (Wildman–Crippen LogP) is 3.28. The largest absolute Gasteiger partial charge is 0.465 e. The number of carbonyl (C=O) groups is 1. The van der Waals surface area contributed by atoms with Crippen LogP contribution in [0.25, 0.3) is 0 Å². The number of rotatable bonds is 6. The van der Waals surface area contributed by atoms with E-state index < -0.39 is 5.97 Å². The Morgan fingerprint density at radius 3 is 2.79 bits per heavy atom. The lowest BCUT2D eigenvalue weighted by Crippen LogP contribution is -2.00. The summed E-state index contributed by atoms with van der Waals surface area (Å²) in [6.45, 7) is 1.30. The summed E-state index contributed by atoms with van der Waals surface area (Å²) in [5, 5.41) is 0.246. The van der Waals surface area contributed by atoms with E-state index in [1.54, 1.807) is 0 Å². The van der Waals surface area contributed by atoms with Gasteiger partial charge in [-0.3, -0.25) is 0 Å². The van der Waals surface area contributed by atoms with Gasteiger partial charge in [-0.25, -0.2) is 4.79 Å². The van der Waals surface area contributed by atoms with E-state index in [0.29, 0.717) is 19.1 Å². The SMILES string of the molecule is COC(=O)C(Cl)=C1CC1CCOCc1ccccc1. The first-order valence-corrected chi connectivity index (χ1v) is 6.68. The van der Waals surface area contributed by atoms with Crippen molar-refractivity contribution in [2.75, 3.05) is 13.7 Å². The Morgan fingerprint density at radius 2 is 2.11 bits per heavy atom. The lowest BCUT2D eigenvalue weighted by Gasteiger charge is -2.03. The second kappa shape index (κ2) is 6.73. The maximum atomic E-state index is 11.2. The van der Waals surface area contributed by atoms with Crippen molar-refractivity contribution in [1.82, 2.24) is 0 Å². The van der Waals surface area contributed by atoms with Crippen LogP contribution < -0.4 is 0 Å². The zero-order valence-corrected chi connectivity index (χ0v) is 11.7. The second-order valence-corrected chi connectivity index (χ2v) is 4.94. The molecule has 0 aliphatic heterocycles. The summed E-state index contributed by atoms with van der Waals surface area (Å²) in [5.74, 6) is -0.0632. The van der Waals surface area contributed by atoms with Crippen molar-refractivity contribution in [3.05, 3.63) is 46.5 Å². The van der Waals surface area contributed by atoms with Crippen LogP contribution in [0.15, 0.2) is 40.9 Å². The molecule has 1 aliphatic rings. The van der Waals surface area contributed by atoms with Crippen LogP contribution in [-0.4, -0.2) is 19.7 Å². The van der Waals surface area contributed by atoms with Gasteiger partial charge in [-0.05, 0) is 29.9 Å². The number of hydrogen-bond donors (Lipinski definition) is 0. The third-order valence-electron chi connectivity index (χ3n) is 3.17. The predicted molar refractivity (Wildman–Crippen MR) is 73.7 cm³/mol. The zero-order chi connectivity index (χ0) is 13.7. The molecule has 0 saturated heterocycles. The molecule has 1 fully saturated rings. The van der Waals surface area contributed by atoms with Crippen LogP contribution in [-0.2, 0) is 20.9 Å². The van der Waals surface area contributed by atoms with Crippen molar-refractivity contribution in [2.24, 2.45) is 5.92 Å². The van der Waals surface area contributed by atoms with Crippen molar-refractivity contribution in [3.8, 4) is 0 Å². The third kappa shape index (κ3) is 4.08. The van der Waals surface area contributed by atoms with Crippen LogP contribution in [0.1, 0.15) is 18.4 Å². The molecule has 0 heterocycles. The summed E-state index contributed by atoms with van der Waals surface area (Å²) in [4.78, 5) is 11.2. The van der Waals surface area contributed by atoms with E-state index in [0.717, 1.165) is 18.4 Å². The fourth-order valence-electron chi connectivity index (χ4n) is 1.96. The summed E-state index contributed by atoms with van der Waals surface area (Å²) in [5.41, 5.74) is 2.17. The van der Waals surface area contributed by atoms with Crippen LogP contribution in [0.5, 0.6) is 0 Å². The molecule has 102 valence electrons. The van der Waals surface area contributed by atoms with Crippen molar-refractivity contribution >= 4 is 17.6 Å². The monoisotopic (exact) mass is 280 g/mol. The molecule has 2 rings (SSSR count). The van der Waals surface area contributed by atoms with E-state index in [9.17, 15) is 4.79 Å². The number of allylic oxidation sites excluding steroid dienone is 1. The highest BCUT2D eigenvalue weighted by atomic mass is 35.5. The van der Waals surface area contributed by atoms with Crippen LogP contribution >= 0.6 is 11.6 Å². The van der Waals surface area contributed by atoms with Crippen LogP contribution in [0.3, 0.4) is 0 Å². The zero-order valence-electron chi connectivity index (χ0n) is 10.9. The highest BCUT2D eigenvalue weighted by molar-refractivity contribution is 6.41. The molecular weight excluding hydrogens is 264 g/mol. The molecule has 0 radical (unpaired) electrons. The van der Waals surface area contributed by atoms with E-state index in [2.05, 4.69) is 4.74 Å². The van der Waals surface area contributed by atoms with E-state index in [1.165, 1.54) is 12.7 Å². The Labute approximate surface area is 118 Å². The maximum absolute atomic E-state index is 11.2. The van der Waals surface area contributed by atoms with Gasteiger partial charge in [-0.2, -0.15) is 0 Å². The summed E-state index contributed by atoms with van der Waals surface area (Å²) in [6.07, 6.45) is 1.78. The van der Waals surface area contributed by atoms with Crippen molar-refractivity contribution in [2.45, 2.75) is 19.4 Å². The molecule has 4 heteroatoms. The number of esters is 1. The quantitative estimate of drug-likeness (QED) is 0.456. The van der Waals surface area contributed by atoms with Gasteiger partial charge in [0.25, 0.3) is 0 Å². The molecule has 0 amide bonds. The Balaban J connectivity index is 1.67. The fourth-order valence-corrected chi connectivity index (χ4v) is 2.27. The molecule has 0 aromatic heterocycles. The molecule has 1 aromatic rings. The van der Waals surface area contributed by atoms with Gasteiger partial charge >= 0.3 is 5.97 Å². The molecule has 3 nitrogen and oxygen atoms in total. The van der Waals surface area contributed by atoms with Crippen LogP contribution in [0.2, 0.25) is 0 Å². The van der Waals surface area contributed by atoms with Gasteiger partial charge < -0.3 is 9.47 Å². The second-order valence-electron chi connectivity index (χ2n) is 4.56. The average molecular weight is 281 g/mol. The Morgan fingerprint density at radius 1 is 1.37 bits per heavy atom. The fraction of sp³-hybridized carbons (Fsp3) is 0.400. The normalized spacial score (nSPS) is 20.0. The molecular formula is C15H17ClO3. The van der Waals surface area contributed by atoms with Crippen LogP contribution in [0.4, 0.5) is 0 Å². The molecule has 1 saturated carbocycles. The highest BCUT2D eigenvalue weighted by Crippen LogP contribution is 2.44. The Kier molecular flexibility index (Phi) is 5.00. The minimum atomic E-state index is -0.440. The van der Waals surface area contributed by atoms with Gasteiger partial charge in [0.2, 0.25) is 0 Å². The number of halogens is 1. The molecule has 1 atom stereocenters. The van der Waals surface area contributed by atoms with Gasteiger partial charge in [0.15, 0.2) is 0 Å². The smallest absolute Gasteiger partial charge is 0.349 e. The van der Waals surface area contributed by atoms with Gasteiger partial charge in [-0.15, -0.1) is 0 Å². The average Bonchev–Trinajstić information content (AvgIpc) is 3.22. The summed E-state index contributed by atoms with van der Waals surface area (Å²) < 4.78 is 10.2. The van der Waals surface area contributed by atoms with Crippen molar-refractivity contribution in [3.63, 3.8) is 0 Å². The van der Waals surface area contributed by atoms with E-state index >= 15 is 0 Å². The first-order chi connectivity index (χ1) is 9.22. The lowest BCUT2D eigenvalue weighted by atomic mass is 10.2. The van der Waals surface area contributed by atoms with Crippen molar-refractivity contribution in [1.29, 1.82) is 0 Å². The number of benzene rings is 1. The number of hydrogen-bond acceptors (Lipinski definition) is 3. The standard InChI is InChI=1S/C15H17ClO3/c1-18-15(17)14(16)13-9-12(13)7-8-19-10-11-5-3-2-4-6-11/h2-6,12H,7-10H2,1H3. The van der Waals surface area contributed by atoms with Crippen LogP contribution in [0, 0.1) is 5.92 Å². The number of carbonyl (C=O) groups excluding carboxylic acids is 1. The van der Waals surface area contributed by atoms with Gasteiger partial charge in [-0.1, -0.05) is 41.9 Å². The topological polar surface area (TPSA) is 35.5 Å². The minimum Gasteiger partial charge on any atom is -0.465 e. The van der Waals surface area contributed by atoms with Crippen molar-refractivity contribution < 1.29 is 14.3 Å². The molecule has 19 heavy (non-hydrogen) atoms. The molecule has 1 unspecified atom stereocenters. The molecule has 0 N–H and O–H groups in total. The number of ether oxygens (including phenoxy) is 2.